The zero-order valence-electron chi connectivity index (χ0n) is 14.2. The summed E-state index contributed by atoms with van der Waals surface area (Å²) in [4.78, 5) is 11.5. The number of nitrogens with zero attached hydrogens (tertiary/aromatic N) is 3. The molecule has 1 unspecified atom stereocenters. The van der Waals surface area contributed by atoms with Crippen LogP contribution < -0.4 is 10.5 Å². The summed E-state index contributed by atoms with van der Waals surface area (Å²) in [6, 6.07) is 14.9. The Morgan fingerprint density at radius 3 is 2.38 bits per heavy atom. The van der Waals surface area contributed by atoms with Crippen LogP contribution in [0.5, 0.6) is 5.75 Å². The molecule has 134 valence electrons. The van der Waals surface area contributed by atoms with Crippen molar-refractivity contribution in [3.8, 4) is 22.8 Å². The van der Waals surface area contributed by atoms with Crippen LogP contribution in [0.25, 0.3) is 17.1 Å². The van der Waals surface area contributed by atoms with Gasteiger partial charge >= 0.3 is 0 Å². The van der Waals surface area contributed by atoms with Gasteiger partial charge in [0.2, 0.25) is 5.91 Å². The second-order valence-electron chi connectivity index (χ2n) is 5.51. The van der Waals surface area contributed by atoms with Crippen LogP contribution in [0.2, 0.25) is 5.02 Å². The van der Waals surface area contributed by atoms with E-state index >= 15 is 0 Å². The van der Waals surface area contributed by atoms with Crippen LogP contribution in [0.1, 0.15) is 6.92 Å². The second-order valence-corrected chi connectivity index (χ2v) is 7.25. The fraction of sp³-hybridized carbons (Fsp3) is 0.167. The highest BCUT2D eigenvalue weighted by Gasteiger charge is 2.20. The summed E-state index contributed by atoms with van der Waals surface area (Å²) in [6.45, 7) is 1.74. The van der Waals surface area contributed by atoms with Crippen LogP contribution in [0.3, 0.4) is 0 Å². The minimum atomic E-state index is -0.436. The number of benzene rings is 2. The summed E-state index contributed by atoms with van der Waals surface area (Å²) in [5.74, 6) is 0.990. The first kappa shape index (κ1) is 18.3. The number of primary amides is 1. The zero-order chi connectivity index (χ0) is 18.7. The Bertz CT molecular complexity index is 910. The van der Waals surface area contributed by atoms with Gasteiger partial charge in [-0.3, -0.25) is 9.36 Å². The summed E-state index contributed by atoms with van der Waals surface area (Å²) >= 11 is 7.27. The number of carbonyl (C=O) groups excluding carboxylic acids is 1. The summed E-state index contributed by atoms with van der Waals surface area (Å²) in [6.07, 6.45) is 0. The van der Waals surface area contributed by atoms with Crippen molar-refractivity contribution in [2.24, 2.45) is 5.73 Å². The number of carbonyl (C=O) groups is 1. The van der Waals surface area contributed by atoms with Crippen LogP contribution in [0.15, 0.2) is 53.7 Å². The summed E-state index contributed by atoms with van der Waals surface area (Å²) < 4.78 is 7.08. The first-order valence-electron chi connectivity index (χ1n) is 7.81. The van der Waals surface area contributed by atoms with Crippen molar-refractivity contribution < 1.29 is 9.53 Å². The normalized spacial score (nSPS) is 12.0. The lowest BCUT2D eigenvalue weighted by atomic mass is 10.2. The largest absolute Gasteiger partial charge is 0.497 e. The average molecular weight is 389 g/mol. The van der Waals surface area contributed by atoms with Crippen molar-refractivity contribution in [2.45, 2.75) is 17.3 Å². The van der Waals surface area contributed by atoms with Crippen LogP contribution >= 0.6 is 23.4 Å². The van der Waals surface area contributed by atoms with E-state index in [9.17, 15) is 4.79 Å². The van der Waals surface area contributed by atoms with E-state index < -0.39 is 11.2 Å². The molecule has 26 heavy (non-hydrogen) atoms. The molecule has 1 heterocycles. The standard InChI is InChI=1S/C18H17ClN4O2S/c1-11(16(20)24)26-18-22-21-17(12-3-9-15(25-2)10-4-12)23(18)14-7-5-13(19)6-8-14/h3-11H,1-2H3,(H2,20,24). The monoisotopic (exact) mass is 388 g/mol. The van der Waals surface area contributed by atoms with Gasteiger partial charge in [-0.15, -0.1) is 10.2 Å². The Kier molecular flexibility index (Phi) is 5.49. The zero-order valence-corrected chi connectivity index (χ0v) is 15.8. The number of rotatable bonds is 6. The number of hydrogen-bond donors (Lipinski definition) is 1. The fourth-order valence-electron chi connectivity index (χ4n) is 2.31. The van der Waals surface area contributed by atoms with E-state index in [0.29, 0.717) is 16.0 Å². The lowest BCUT2D eigenvalue weighted by molar-refractivity contribution is -0.117. The van der Waals surface area contributed by atoms with E-state index in [-0.39, 0.29) is 0 Å². The highest BCUT2D eigenvalue weighted by atomic mass is 35.5. The molecule has 0 radical (unpaired) electrons. The Morgan fingerprint density at radius 1 is 1.15 bits per heavy atom. The highest BCUT2D eigenvalue weighted by molar-refractivity contribution is 8.00. The third-order valence-electron chi connectivity index (χ3n) is 3.75. The lowest BCUT2D eigenvalue weighted by Crippen LogP contribution is -2.23. The molecule has 1 aromatic heterocycles. The van der Waals surface area contributed by atoms with E-state index in [1.165, 1.54) is 11.8 Å². The minimum absolute atomic E-state index is 0.411. The maximum Gasteiger partial charge on any atom is 0.230 e. The molecule has 0 fully saturated rings. The first-order valence-corrected chi connectivity index (χ1v) is 9.07. The van der Waals surface area contributed by atoms with Crippen molar-refractivity contribution >= 4 is 29.3 Å². The van der Waals surface area contributed by atoms with Gasteiger partial charge in [0.1, 0.15) is 5.75 Å². The highest BCUT2D eigenvalue weighted by Crippen LogP contribution is 2.31. The van der Waals surface area contributed by atoms with Crippen molar-refractivity contribution in [1.82, 2.24) is 14.8 Å². The Balaban J connectivity index is 2.10. The van der Waals surface area contributed by atoms with E-state index in [4.69, 9.17) is 22.1 Å². The molecule has 0 saturated heterocycles. The molecule has 3 aromatic rings. The summed E-state index contributed by atoms with van der Waals surface area (Å²) in [5, 5.41) is 9.35. The topological polar surface area (TPSA) is 83.0 Å². The number of aromatic nitrogens is 3. The van der Waals surface area contributed by atoms with Gasteiger partial charge in [-0.05, 0) is 55.5 Å². The Hall–Kier alpha value is -2.51. The Labute approximate surface area is 160 Å². The molecular formula is C18H17ClN4O2S. The van der Waals surface area contributed by atoms with E-state index in [2.05, 4.69) is 10.2 Å². The maximum absolute atomic E-state index is 11.5. The average Bonchev–Trinajstić information content (AvgIpc) is 3.06. The van der Waals surface area contributed by atoms with Gasteiger partial charge in [0.25, 0.3) is 0 Å². The quantitative estimate of drug-likeness (QED) is 0.653. The molecule has 1 amide bonds. The molecule has 3 rings (SSSR count). The molecule has 0 spiro atoms. The molecule has 8 heteroatoms. The number of methoxy groups -OCH3 is 1. The number of amides is 1. The lowest BCUT2D eigenvalue weighted by Gasteiger charge is -2.12. The van der Waals surface area contributed by atoms with Gasteiger partial charge in [0.05, 0.1) is 12.4 Å². The predicted molar refractivity (Wildman–Crippen MR) is 103 cm³/mol. The van der Waals surface area contributed by atoms with Crippen molar-refractivity contribution in [3.05, 3.63) is 53.6 Å². The third-order valence-corrected chi connectivity index (χ3v) is 5.06. The van der Waals surface area contributed by atoms with E-state index in [1.807, 2.05) is 41.0 Å². The molecular weight excluding hydrogens is 372 g/mol. The molecule has 2 aromatic carbocycles. The molecule has 0 aliphatic rings. The number of nitrogens with two attached hydrogens (primary N) is 1. The van der Waals surface area contributed by atoms with Gasteiger partial charge in [-0.25, -0.2) is 0 Å². The van der Waals surface area contributed by atoms with Gasteiger partial charge in [0, 0.05) is 16.3 Å². The molecule has 0 bridgehead atoms. The summed E-state index contributed by atoms with van der Waals surface area (Å²) in [7, 11) is 1.62. The summed E-state index contributed by atoms with van der Waals surface area (Å²) in [5.41, 5.74) is 7.10. The van der Waals surface area contributed by atoms with Crippen molar-refractivity contribution in [2.75, 3.05) is 7.11 Å². The fourth-order valence-corrected chi connectivity index (χ4v) is 3.26. The van der Waals surface area contributed by atoms with E-state index in [0.717, 1.165) is 17.0 Å². The molecule has 0 saturated carbocycles. The number of ether oxygens (including phenoxy) is 1. The number of thioether (sulfide) groups is 1. The predicted octanol–water partition coefficient (Wildman–Crippen LogP) is 3.56. The molecule has 1 atom stereocenters. The number of halogens is 1. The number of hydrogen-bond acceptors (Lipinski definition) is 5. The van der Waals surface area contributed by atoms with Crippen LogP contribution in [0.4, 0.5) is 0 Å². The Morgan fingerprint density at radius 2 is 1.81 bits per heavy atom. The molecule has 6 nitrogen and oxygen atoms in total. The molecule has 0 aliphatic carbocycles. The molecule has 0 aliphatic heterocycles. The SMILES string of the molecule is COc1ccc(-c2nnc(SC(C)C(N)=O)n2-c2ccc(Cl)cc2)cc1. The van der Waals surface area contributed by atoms with Crippen molar-refractivity contribution in [1.29, 1.82) is 0 Å². The van der Waals surface area contributed by atoms with Gasteiger partial charge in [-0.2, -0.15) is 0 Å². The maximum atomic E-state index is 11.5. The minimum Gasteiger partial charge on any atom is -0.497 e. The van der Waals surface area contributed by atoms with Crippen LogP contribution in [-0.4, -0.2) is 33.0 Å². The van der Waals surface area contributed by atoms with Crippen LogP contribution in [-0.2, 0) is 4.79 Å². The van der Waals surface area contributed by atoms with Crippen molar-refractivity contribution in [3.63, 3.8) is 0 Å². The van der Waals surface area contributed by atoms with Crippen LogP contribution in [0, 0.1) is 0 Å². The molecule has 2 N–H and O–H groups in total. The van der Waals surface area contributed by atoms with Gasteiger partial charge < -0.3 is 10.5 Å². The second kappa shape index (κ2) is 7.80. The van der Waals surface area contributed by atoms with Gasteiger partial charge in [-0.1, -0.05) is 23.4 Å². The first-order chi connectivity index (χ1) is 12.5. The van der Waals surface area contributed by atoms with Gasteiger partial charge in [0.15, 0.2) is 11.0 Å². The third kappa shape index (κ3) is 3.84. The van der Waals surface area contributed by atoms with E-state index in [1.54, 1.807) is 26.2 Å². The smallest absolute Gasteiger partial charge is 0.230 e.